The standard InChI is InChI=1S/C14H20N4O/c1-4-13-12(9-18(3)17-13)14(15)10-6-11(19-5-2)8-16-7-10/h6-9,14H,4-5,15H2,1-3H3. The molecule has 102 valence electrons. The topological polar surface area (TPSA) is 66.0 Å². The van der Waals surface area contributed by atoms with Crippen molar-refractivity contribution in [3.8, 4) is 5.75 Å². The van der Waals surface area contributed by atoms with Crippen LogP contribution in [0.1, 0.15) is 36.7 Å². The zero-order chi connectivity index (χ0) is 13.8. The van der Waals surface area contributed by atoms with E-state index in [0.29, 0.717) is 6.61 Å². The third-order valence-electron chi connectivity index (χ3n) is 3.01. The van der Waals surface area contributed by atoms with Crippen molar-refractivity contribution in [1.29, 1.82) is 0 Å². The quantitative estimate of drug-likeness (QED) is 0.890. The van der Waals surface area contributed by atoms with Crippen molar-refractivity contribution < 1.29 is 4.74 Å². The van der Waals surface area contributed by atoms with Gasteiger partial charge in [0.05, 0.1) is 24.5 Å². The van der Waals surface area contributed by atoms with E-state index in [1.807, 2.05) is 26.2 Å². The highest BCUT2D eigenvalue weighted by Crippen LogP contribution is 2.24. The molecule has 2 heterocycles. The van der Waals surface area contributed by atoms with Gasteiger partial charge in [0.15, 0.2) is 0 Å². The molecule has 2 N–H and O–H groups in total. The third-order valence-corrected chi connectivity index (χ3v) is 3.01. The Hall–Kier alpha value is -1.88. The van der Waals surface area contributed by atoms with E-state index < -0.39 is 0 Å². The van der Waals surface area contributed by atoms with E-state index >= 15 is 0 Å². The zero-order valence-electron chi connectivity index (χ0n) is 11.6. The van der Waals surface area contributed by atoms with Crippen molar-refractivity contribution in [2.75, 3.05) is 6.61 Å². The van der Waals surface area contributed by atoms with Crippen LogP contribution in [0, 0.1) is 0 Å². The Morgan fingerprint density at radius 1 is 1.37 bits per heavy atom. The monoisotopic (exact) mass is 260 g/mol. The molecule has 0 spiro atoms. The predicted molar refractivity (Wildman–Crippen MR) is 74.0 cm³/mol. The lowest BCUT2D eigenvalue weighted by Gasteiger charge is -2.12. The number of nitrogens with zero attached hydrogens (tertiary/aromatic N) is 3. The zero-order valence-corrected chi connectivity index (χ0v) is 11.6. The molecule has 0 aliphatic heterocycles. The van der Waals surface area contributed by atoms with E-state index in [4.69, 9.17) is 10.5 Å². The van der Waals surface area contributed by atoms with Gasteiger partial charge in [0.25, 0.3) is 0 Å². The Morgan fingerprint density at radius 2 is 2.16 bits per heavy atom. The summed E-state index contributed by atoms with van der Waals surface area (Å²) in [4.78, 5) is 4.18. The first-order valence-electron chi connectivity index (χ1n) is 6.51. The summed E-state index contributed by atoms with van der Waals surface area (Å²) in [6, 6.07) is 1.71. The van der Waals surface area contributed by atoms with E-state index in [0.717, 1.165) is 29.0 Å². The second kappa shape index (κ2) is 5.84. The Kier molecular flexibility index (Phi) is 4.16. The minimum Gasteiger partial charge on any atom is -0.492 e. The second-order valence-electron chi connectivity index (χ2n) is 4.42. The largest absolute Gasteiger partial charge is 0.492 e. The Bertz CT molecular complexity index is 550. The first-order chi connectivity index (χ1) is 9.15. The number of pyridine rings is 1. The molecule has 0 amide bonds. The van der Waals surface area contributed by atoms with Crippen molar-refractivity contribution in [3.05, 3.63) is 41.5 Å². The minimum absolute atomic E-state index is 0.225. The maximum atomic E-state index is 6.32. The van der Waals surface area contributed by atoms with Crippen LogP contribution in [0.4, 0.5) is 0 Å². The van der Waals surface area contributed by atoms with Crippen LogP contribution in [-0.4, -0.2) is 21.4 Å². The maximum Gasteiger partial charge on any atom is 0.137 e. The Labute approximate surface area is 113 Å². The lowest BCUT2D eigenvalue weighted by molar-refractivity contribution is 0.338. The molecule has 0 aliphatic carbocycles. The lowest BCUT2D eigenvalue weighted by atomic mass is 10.0. The van der Waals surface area contributed by atoms with E-state index in [1.165, 1.54) is 0 Å². The van der Waals surface area contributed by atoms with Gasteiger partial charge in [-0.3, -0.25) is 9.67 Å². The molecule has 0 aliphatic rings. The second-order valence-corrected chi connectivity index (χ2v) is 4.42. The predicted octanol–water partition coefficient (Wildman–Crippen LogP) is 1.82. The highest BCUT2D eigenvalue weighted by Gasteiger charge is 2.16. The van der Waals surface area contributed by atoms with Gasteiger partial charge < -0.3 is 10.5 Å². The molecular formula is C14H20N4O. The molecule has 0 fully saturated rings. The number of hydrogen-bond donors (Lipinski definition) is 1. The highest BCUT2D eigenvalue weighted by molar-refractivity contribution is 5.34. The van der Waals surface area contributed by atoms with E-state index in [9.17, 15) is 0 Å². The third kappa shape index (κ3) is 2.93. The molecule has 5 nitrogen and oxygen atoms in total. The molecule has 0 aromatic carbocycles. The van der Waals surface area contributed by atoms with Crippen molar-refractivity contribution in [2.24, 2.45) is 12.8 Å². The maximum absolute atomic E-state index is 6.32. The van der Waals surface area contributed by atoms with Gasteiger partial charge >= 0.3 is 0 Å². The van der Waals surface area contributed by atoms with Gasteiger partial charge in [-0.25, -0.2) is 0 Å². The molecule has 0 saturated carbocycles. The normalized spacial score (nSPS) is 12.4. The number of aromatic nitrogens is 3. The van der Waals surface area contributed by atoms with Gasteiger partial charge in [0.1, 0.15) is 5.75 Å². The summed E-state index contributed by atoms with van der Waals surface area (Å²) in [6.45, 7) is 4.64. The van der Waals surface area contributed by atoms with E-state index in [-0.39, 0.29) is 6.04 Å². The van der Waals surface area contributed by atoms with Crippen molar-refractivity contribution in [3.63, 3.8) is 0 Å². The fraction of sp³-hybridized carbons (Fsp3) is 0.429. The molecule has 0 radical (unpaired) electrons. The van der Waals surface area contributed by atoms with Crippen LogP contribution in [0.15, 0.2) is 24.7 Å². The Balaban J connectivity index is 2.32. The van der Waals surface area contributed by atoms with Crippen LogP contribution in [-0.2, 0) is 13.5 Å². The summed E-state index contributed by atoms with van der Waals surface area (Å²) in [5, 5.41) is 4.42. The summed E-state index contributed by atoms with van der Waals surface area (Å²) in [7, 11) is 1.91. The van der Waals surface area contributed by atoms with Crippen LogP contribution in [0.2, 0.25) is 0 Å². The van der Waals surface area contributed by atoms with Crippen molar-refractivity contribution in [1.82, 2.24) is 14.8 Å². The average Bonchev–Trinajstić information content (AvgIpc) is 2.80. The minimum atomic E-state index is -0.225. The van der Waals surface area contributed by atoms with Gasteiger partial charge in [-0.1, -0.05) is 6.92 Å². The number of nitrogens with two attached hydrogens (primary N) is 1. The average molecular weight is 260 g/mol. The molecule has 0 saturated heterocycles. The molecule has 2 aromatic rings. The number of rotatable bonds is 5. The number of aryl methyl sites for hydroxylation is 2. The molecule has 1 atom stereocenters. The molecule has 5 heteroatoms. The van der Waals surface area contributed by atoms with Crippen LogP contribution >= 0.6 is 0 Å². The smallest absolute Gasteiger partial charge is 0.137 e. The summed E-state index contributed by atoms with van der Waals surface area (Å²) in [5.74, 6) is 0.748. The summed E-state index contributed by atoms with van der Waals surface area (Å²) >= 11 is 0. The van der Waals surface area contributed by atoms with Crippen molar-refractivity contribution >= 4 is 0 Å². The van der Waals surface area contributed by atoms with Gasteiger partial charge in [-0.05, 0) is 25.0 Å². The first-order valence-corrected chi connectivity index (χ1v) is 6.51. The van der Waals surface area contributed by atoms with Crippen LogP contribution in [0.25, 0.3) is 0 Å². The fourth-order valence-corrected chi connectivity index (χ4v) is 2.12. The molecular weight excluding hydrogens is 240 g/mol. The van der Waals surface area contributed by atoms with Gasteiger partial charge in [0.2, 0.25) is 0 Å². The van der Waals surface area contributed by atoms with Gasteiger partial charge in [-0.15, -0.1) is 0 Å². The molecule has 0 bridgehead atoms. The summed E-state index contributed by atoms with van der Waals surface area (Å²) in [5.41, 5.74) is 9.33. The number of hydrogen-bond acceptors (Lipinski definition) is 4. The summed E-state index contributed by atoms with van der Waals surface area (Å²) < 4.78 is 7.25. The van der Waals surface area contributed by atoms with Crippen LogP contribution < -0.4 is 10.5 Å². The molecule has 1 unspecified atom stereocenters. The number of ether oxygens (including phenoxy) is 1. The van der Waals surface area contributed by atoms with Crippen LogP contribution in [0.3, 0.4) is 0 Å². The van der Waals surface area contributed by atoms with Crippen LogP contribution in [0.5, 0.6) is 5.75 Å². The summed E-state index contributed by atoms with van der Waals surface area (Å²) in [6.07, 6.45) is 6.31. The van der Waals surface area contributed by atoms with E-state index in [2.05, 4.69) is 17.0 Å². The first kappa shape index (κ1) is 13.5. The Morgan fingerprint density at radius 3 is 2.84 bits per heavy atom. The van der Waals surface area contributed by atoms with Gasteiger partial charge in [-0.2, -0.15) is 5.10 Å². The highest BCUT2D eigenvalue weighted by atomic mass is 16.5. The molecule has 19 heavy (non-hydrogen) atoms. The van der Waals surface area contributed by atoms with E-state index in [1.54, 1.807) is 17.1 Å². The SMILES string of the molecule is CCOc1cncc(C(N)c2cn(C)nc2CC)c1. The van der Waals surface area contributed by atoms with Gasteiger partial charge in [0, 0.05) is 25.0 Å². The van der Waals surface area contributed by atoms with Crippen molar-refractivity contribution in [2.45, 2.75) is 26.3 Å². The molecule has 2 aromatic heterocycles. The molecule has 2 rings (SSSR count). The fourth-order valence-electron chi connectivity index (χ4n) is 2.12. The lowest BCUT2D eigenvalue weighted by Crippen LogP contribution is -2.13.